The van der Waals surface area contributed by atoms with E-state index >= 15 is 0 Å². The Labute approximate surface area is 204 Å². The molecule has 3 aliphatic carbocycles. The van der Waals surface area contributed by atoms with E-state index in [2.05, 4.69) is 22.8 Å². The number of aliphatic carboxylic acids is 1. The number of benzene rings is 2. The van der Waals surface area contributed by atoms with Gasteiger partial charge in [-0.15, -0.1) is 0 Å². The minimum Gasteiger partial charge on any atom is -0.481 e. The molecule has 2 aromatic carbocycles. The number of methoxy groups -OCH3 is 1. The molecule has 0 saturated heterocycles. The van der Waals surface area contributed by atoms with E-state index in [1.54, 1.807) is 6.92 Å². The SMILES string of the molecule is COCC(C)(NC(=O)OCC1c2ccccc2-c2ccccc21)C(=O)N[C@@H]1C[C@H]2C[C@@]2(C(=O)O)C1. The molecule has 5 rings (SSSR count). The molecule has 0 spiro atoms. The molecule has 2 fully saturated rings. The summed E-state index contributed by atoms with van der Waals surface area (Å²) in [6.07, 6.45) is 0.999. The second-order valence-corrected chi connectivity index (χ2v) is 10.2. The van der Waals surface area contributed by atoms with E-state index in [-0.39, 0.29) is 31.1 Å². The summed E-state index contributed by atoms with van der Waals surface area (Å²) >= 11 is 0. The van der Waals surface area contributed by atoms with Crippen LogP contribution in [0.4, 0.5) is 4.79 Å². The maximum absolute atomic E-state index is 13.1. The van der Waals surface area contributed by atoms with Crippen LogP contribution in [0.15, 0.2) is 48.5 Å². The van der Waals surface area contributed by atoms with Crippen LogP contribution in [0.2, 0.25) is 0 Å². The number of rotatable bonds is 8. The van der Waals surface area contributed by atoms with Crippen molar-refractivity contribution in [2.24, 2.45) is 11.3 Å². The van der Waals surface area contributed by atoms with Gasteiger partial charge in [0.2, 0.25) is 5.91 Å². The molecule has 0 radical (unpaired) electrons. The molecule has 0 aromatic heterocycles. The van der Waals surface area contributed by atoms with Crippen LogP contribution in [0.3, 0.4) is 0 Å². The zero-order valence-corrected chi connectivity index (χ0v) is 19.9. The molecule has 2 saturated carbocycles. The molecule has 184 valence electrons. The standard InChI is InChI=1S/C27H30N2O6/c1-26(15-34-2,23(30)28-17-11-16-12-27(16,13-17)24(31)32)29-25(33)35-14-22-20-9-5-3-7-18(20)19-8-4-6-10-21(19)22/h3-10,16-17,22H,11-15H2,1-2H3,(H,28,30)(H,29,33)(H,31,32)/t16-,17+,26?,27+/m0/s1. The number of nitrogens with one attached hydrogen (secondary N) is 2. The lowest BCUT2D eigenvalue weighted by Crippen LogP contribution is -2.61. The quantitative estimate of drug-likeness (QED) is 0.537. The van der Waals surface area contributed by atoms with Gasteiger partial charge in [-0.2, -0.15) is 0 Å². The Morgan fingerprint density at radius 3 is 2.26 bits per heavy atom. The fourth-order valence-corrected chi connectivity index (χ4v) is 5.92. The van der Waals surface area contributed by atoms with Crippen molar-refractivity contribution in [3.05, 3.63) is 59.7 Å². The van der Waals surface area contributed by atoms with E-state index in [1.807, 2.05) is 36.4 Å². The van der Waals surface area contributed by atoms with Gasteiger partial charge in [0.05, 0.1) is 12.0 Å². The van der Waals surface area contributed by atoms with E-state index in [0.717, 1.165) is 22.3 Å². The van der Waals surface area contributed by atoms with Crippen molar-refractivity contribution in [2.75, 3.05) is 20.3 Å². The maximum Gasteiger partial charge on any atom is 0.408 e. The molecule has 3 N–H and O–H groups in total. The van der Waals surface area contributed by atoms with Crippen LogP contribution in [0.1, 0.15) is 43.2 Å². The van der Waals surface area contributed by atoms with Crippen molar-refractivity contribution in [1.82, 2.24) is 10.6 Å². The van der Waals surface area contributed by atoms with Crippen LogP contribution in [0.25, 0.3) is 11.1 Å². The van der Waals surface area contributed by atoms with Crippen molar-refractivity contribution in [2.45, 2.75) is 43.7 Å². The highest BCUT2D eigenvalue weighted by Gasteiger charge is 2.65. The van der Waals surface area contributed by atoms with Crippen LogP contribution in [0, 0.1) is 11.3 Å². The number of alkyl carbamates (subject to hydrolysis) is 1. The lowest BCUT2D eigenvalue weighted by atomic mass is 9.98. The second kappa shape index (κ2) is 8.68. The first kappa shape index (κ1) is 23.4. The van der Waals surface area contributed by atoms with E-state index in [0.29, 0.717) is 19.3 Å². The average molecular weight is 479 g/mol. The molecule has 35 heavy (non-hydrogen) atoms. The summed E-state index contributed by atoms with van der Waals surface area (Å²) in [4.78, 5) is 37.5. The fourth-order valence-electron chi connectivity index (χ4n) is 5.92. The van der Waals surface area contributed by atoms with Crippen molar-refractivity contribution >= 4 is 18.0 Å². The highest BCUT2D eigenvalue weighted by atomic mass is 16.5. The van der Waals surface area contributed by atoms with Gasteiger partial charge in [-0.1, -0.05) is 48.5 Å². The van der Waals surface area contributed by atoms with Crippen LogP contribution in [-0.2, 0) is 19.1 Å². The zero-order valence-electron chi connectivity index (χ0n) is 19.9. The Hall–Kier alpha value is -3.39. The monoisotopic (exact) mass is 478 g/mol. The second-order valence-electron chi connectivity index (χ2n) is 10.2. The maximum atomic E-state index is 13.1. The lowest BCUT2D eigenvalue weighted by Gasteiger charge is -2.30. The van der Waals surface area contributed by atoms with Crippen molar-refractivity contribution in [1.29, 1.82) is 0 Å². The third-order valence-electron chi connectivity index (χ3n) is 7.83. The number of hydrogen-bond donors (Lipinski definition) is 3. The largest absolute Gasteiger partial charge is 0.481 e. The average Bonchev–Trinajstić information content (AvgIpc) is 3.26. The highest BCUT2D eigenvalue weighted by Crippen LogP contribution is 2.63. The van der Waals surface area contributed by atoms with Gasteiger partial charge in [0.1, 0.15) is 12.1 Å². The first-order chi connectivity index (χ1) is 16.8. The molecule has 0 heterocycles. The summed E-state index contributed by atoms with van der Waals surface area (Å²) in [5, 5.41) is 15.1. The topological polar surface area (TPSA) is 114 Å². The van der Waals surface area contributed by atoms with Gasteiger partial charge in [0, 0.05) is 19.1 Å². The molecule has 0 bridgehead atoms. The van der Waals surface area contributed by atoms with E-state index in [4.69, 9.17) is 9.47 Å². The smallest absolute Gasteiger partial charge is 0.408 e. The van der Waals surface area contributed by atoms with Gasteiger partial charge in [-0.05, 0) is 54.4 Å². The van der Waals surface area contributed by atoms with Crippen LogP contribution in [-0.4, -0.2) is 55.0 Å². The summed E-state index contributed by atoms with van der Waals surface area (Å²) in [6, 6.07) is 15.9. The normalized spacial score (nSPS) is 25.5. The predicted molar refractivity (Wildman–Crippen MR) is 128 cm³/mol. The van der Waals surface area contributed by atoms with E-state index in [9.17, 15) is 19.5 Å². The van der Waals surface area contributed by atoms with E-state index in [1.165, 1.54) is 7.11 Å². The minimum absolute atomic E-state index is 0.0523. The summed E-state index contributed by atoms with van der Waals surface area (Å²) < 4.78 is 10.8. The van der Waals surface area contributed by atoms with Crippen LogP contribution >= 0.6 is 0 Å². The number of carboxylic acids is 1. The van der Waals surface area contributed by atoms with Crippen LogP contribution in [0.5, 0.6) is 0 Å². The molecule has 4 atom stereocenters. The van der Waals surface area contributed by atoms with Crippen LogP contribution < -0.4 is 10.6 Å². The Morgan fingerprint density at radius 2 is 1.69 bits per heavy atom. The molecule has 8 nitrogen and oxygen atoms in total. The molecule has 1 unspecified atom stereocenters. The molecular weight excluding hydrogens is 448 g/mol. The number of carbonyl (C=O) groups excluding carboxylic acids is 2. The summed E-state index contributed by atoms with van der Waals surface area (Å²) in [6.45, 7) is 1.66. The minimum atomic E-state index is -1.36. The number of ether oxygens (including phenoxy) is 2. The third-order valence-corrected chi connectivity index (χ3v) is 7.83. The van der Waals surface area contributed by atoms with Crippen molar-refractivity contribution in [3.63, 3.8) is 0 Å². The molecule has 2 amide bonds. The van der Waals surface area contributed by atoms with E-state index < -0.39 is 28.9 Å². The molecule has 3 aliphatic rings. The number of carbonyl (C=O) groups is 3. The molecular formula is C27H30N2O6. The highest BCUT2D eigenvalue weighted by molar-refractivity contribution is 5.90. The van der Waals surface area contributed by atoms with Crippen molar-refractivity contribution in [3.8, 4) is 11.1 Å². The number of hydrogen-bond acceptors (Lipinski definition) is 5. The van der Waals surface area contributed by atoms with Gasteiger partial charge in [0.25, 0.3) is 0 Å². The first-order valence-corrected chi connectivity index (χ1v) is 11.9. The summed E-state index contributed by atoms with van der Waals surface area (Å²) in [5.41, 5.74) is 2.41. The molecule has 8 heteroatoms. The number of amides is 2. The van der Waals surface area contributed by atoms with Gasteiger partial charge >= 0.3 is 12.1 Å². The third kappa shape index (κ3) is 4.05. The lowest BCUT2D eigenvalue weighted by molar-refractivity contribution is -0.144. The number of fused-ring (bicyclic) bond motifs is 4. The summed E-state index contributed by atoms with van der Waals surface area (Å²) in [5.74, 6) is -1.20. The first-order valence-electron chi connectivity index (χ1n) is 11.9. The Balaban J connectivity index is 1.22. The predicted octanol–water partition coefficient (Wildman–Crippen LogP) is 3.30. The Morgan fingerprint density at radius 1 is 1.06 bits per heavy atom. The number of carboxylic acid groups (broad SMARTS) is 1. The van der Waals surface area contributed by atoms with Gasteiger partial charge in [0.15, 0.2) is 0 Å². The molecule has 0 aliphatic heterocycles. The Kier molecular flexibility index (Phi) is 5.79. The zero-order chi connectivity index (χ0) is 24.8. The molecule has 2 aromatic rings. The van der Waals surface area contributed by atoms with Gasteiger partial charge < -0.3 is 25.2 Å². The fraction of sp³-hybridized carbons (Fsp3) is 0.444. The van der Waals surface area contributed by atoms with Crippen molar-refractivity contribution < 1.29 is 29.0 Å². The van der Waals surface area contributed by atoms with Gasteiger partial charge in [-0.25, -0.2) is 4.79 Å². The summed E-state index contributed by atoms with van der Waals surface area (Å²) in [7, 11) is 1.45. The van der Waals surface area contributed by atoms with Gasteiger partial charge in [-0.3, -0.25) is 9.59 Å². The Bertz CT molecular complexity index is 1140.